The number of esters is 2. The van der Waals surface area contributed by atoms with Crippen LogP contribution in [-0.4, -0.2) is 39.8 Å². The number of fused-ring (bicyclic) bond motifs is 1. The number of allylic oxidation sites excluding steroid dienone is 1. The molecule has 0 aromatic heterocycles. The number of rotatable bonds is 4. The number of nitrogens with zero attached hydrogens (tertiary/aromatic N) is 2. The van der Waals surface area contributed by atoms with Gasteiger partial charge in [0.15, 0.2) is 5.17 Å². The summed E-state index contributed by atoms with van der Waals surface area (Å²) >= 11 is 1.48. The van der Waals surface area contributed by atoms with E-state index in [9.17, 15) is 14.4 Å². The molecule has 148 valence electrons. The zero-order chi connectivity index (χ0) is 20.4. The third-order valence-electron chi connectivity index (χ3n) is 4.20. The van der Waals surface area contributed by atoms with Crippen molar-refractivity contribution in [3.05, 3.63) is 41.1 Å². The molecule has 1 saturated heterocycles. The van der Waals surface area contributed by atoms with E-state index in [1.165, 1.54) is 18.7 Å². The second-order valence-electron chi connectivity index (χ2n) is 6.78. The zero-order valence-electron chi connectivity index (χ0n) is 16.2. The van der Waals surface area contributed by atoms with E-state index in [1.54, 1.807) is 49.9 Å². The summed E-state index contributed by atoms with van der Waals surface area (Å²) in [6, 6.07) is 6.15. The monoisotopic (exact) mass is 402 g/mol. The first-order chi connectivity index (χ1) is 13.3. The maximum atomic E-state index is 12.9. The van der Waals surface area contributed by atoms with Crippen molar-refractivity contribution in [3.63, 3.8) is 0 Å². The second kappa shape index (κ2) is 8.18. The van der Waals surface area contributed by atoms with Crippen LogP contribution in [0, 0.1) is 0 Å². The van der Waals surface area contributed by atoms with Crippen LogP contribution in [0.25, 0.3) is 0 Å². The Morgan fingerprint density at radius 2 is 2.07 bits per heavy atom. The summed E-state index contributed by atoms with van der Waals surface area (Å²) in [6.07, 6.45) is 0.0488. The SMILES string of the molecule is CC(=O)Oc1cccc([C@H]2C(C(=O)OC(C)C)=C(C)N=C3SCCC(=O)N32)c1. The lowest BCUT2D eigenvalue weighted by molar-refractivity contribution is -0.143. The lowest BCUT2D eigenvalue weighted by Gasteiger charge is -2.39. The van der Waals surface area contributed by atoms with E-state index in [0.29, 0.717) is 39.9 Å². The van der Waals surface area contributed by atoms with Crippen molar-refractivity contribution in [2.24, 2.45) is 4.99 Å². The highest BCUT2D eigenvalue weighted by atomic mass is 32.2. The fourth-order valence-electron chi connectivity index (χ4n) is 3.16. The molecular formula is C20H22N2O5S. The van der Waals surface area contributed by atoms with E-state index >= 15 is 0 Å². The van der Waals surface area contributed by atoms with Crippen LogP contribution in [-0.2, 0) is 19.1 Å². The predicted molar refractivity (Wildman–Crippen MR) is 106 cm³/mol. The molecule has 0 saturated carbocycles. The molecule has 0 unspecified atom stereocenters. The number of carbonyl (C=O) groups is 3. The number of amidine groups is 1. The van der Waals surface area contributed by atoms with Crippen molar-refractivity contribution in [1.82, 2.24) is 4.90 Å². The van der Waals surface area contributed by atoms with Gasteiger partial charge in [-0.3, -0.25) is 14.5 Å². The van der Waals surface area contributed by atoms with Gasteiger partial charge >= 0.3 is 11.9 Å². The largest absolute Gasteiger partial charge is 0.459 e. The molecule has 8 heteroatoms. The lowest BCUT2D eigenvalue weighted by Crippen LogP contribution is -2.46. The molecule has 0 spiro atoms. The molecule has 0 aliphatic carbocycles. The number of benzene rings is 1. The van der Waals surface area contributed by atoms with Crippen molar-refractivity contribution < 1.29 is 23.9 Å². The van der Waals surface area contributed by atoms with Gasteiger partial charge in [0.2, 0.25) is 5.91 Å². The minimum absolute atomic E-state index is 0.109. The van der Waals surface area contributed by atoms with E-state index < -0.39 is 18.0 Å². The summed E-state index contributed by atoms with van der Waals surface area (Å²) in [7, 11) is 0. The van der Waals surface area contributed by atoms with Gasteiger partial charge in [-0.15, -0.1) is 0 Å². The summed E-state index contributed by atoms with van der Waals surface area (Å²) in [5.41, 5.74) is 1.48. The van der Waals surface area contributed by atoms with Crippen molar-refractivity contribution >= 4 is 34.8 Å². The fourth-order valence-corrected chi connectivity index (χ4v) is 4.17. The molecule has 1 aromatic carbocycles. The van der Waals surface area contributed by atoms with Crippen molar-refractivity contribution in [1.29, 1.82) is 0 Å². The first kappa shape index (κ1) is 20.1. The minimum Gasteiger partial charge on any atom is -0.459 e. The van der Waals surface area contributed by atoms with Crippen LogP contribution < -0.4 is 4.74 Å². The van der Waals surface area contributed by atoms with Crippen LogP contribution in [0.4, 0.5) is 0 Å². The van der Waals surface area contributed by atoms with Gasteiger partial charge in [-0.2, -0.15) is 0 Å². The van der Waals surface area contributed by atoms with E-state index in [-0.39, 0.29) is 12.0 Å². The van der Waals surface area contributed by atoms with Crippen LogP contribution in [0.3, 0.4) is 0 Å². The molecule has 0 N–H and O–H groups in total. The minimum atomic E-state index is -0.686. The Bertz CT molecular complexity index is 890. The highest BCUT2D eigenvalue weighted by Gasteiger charge is 2.41. The van der Waals surface area contributed by atoms with Gasteiger partial charge in [0.1, 0.15) is 5.75 Å². The van der Waals surface area contributed by atoms with E-state index in [0.717, 1.165) is 0 Å². The van der Waals surface area contributed by atoms with Gasteiger partial charge in [0.05, 0.1) is 23.4 Å². The third-order valence-corrected chi connectivity index (χ3v) is 5.16. The van der Waals surface area contributed by atoms with Crippen LogP contribution in [0.5, 0.6) is 5.75 Å². The predicted octanol–water partition coefficient (Wildman–Crippen LogP) is 3.21. The molecule has 1 fully saturated rings. The smallest absolute Gasteiger partial charge is 0.338 e. The Balaban J connectivity index is 2.12. The first-order valence-electron chi connectivity index (χ1n) is 9.01. The van der Waals surface area contributed by atoms with Gasteiger partial charge in [-0.25, -0.2) is 9.79 Å². The van der Waals surface area contributed by atoms with Crippen molar-refractivity contribution in [2.75, 3.05) is 5.75 Å². The fraction of sp³-hybridized carbons (Fsp3) is 0.400. The summed E-state index contributed by atoms with van der Waals surface area (Å²) in [5, 5.41) is 0.567. The molecule has 1 atom stereocenters. The number of amides is 1. The Morgan fingerprint density at radius 1 is 1.32 bits per heavy atom. The Morgan fingerprint density at radius 3 is 2.75 bits per heavy atom. The topological polar surface area (TPSA) is 85.3 Å². The molecule has 1 amide bonds. The quantitative estimate of drug-likeness (QED) is 0.568. The van der Waals surface area contributed by atoms with E-state index in [4.69, 9.17) is 9.47 Å². The number of aliphatic imine (C=N–C) groups is 1. The summed E-state index contributed by atoms with van der Waals surface area (Å²) < 4.78 is 10.6. The molecule has 2 aliphatic rings. The van der Waals surface area contributed by atoms with Crippen LogP contribution in [0.2, 0.25) is 0 Å². The first-order valence-corrected chi connectivity index (χ1v) is 10.00. The highest BCUT2D eigenvalue weighted by molar-refractivity contribution is 8.14. The molecule has 7 nitrogen and oxygen atoms in total. The molecule has 1 aromatic rings. The van der Waals surface area contributed by atoms with Crippen molar-refractivity contribution in [2.45, 2.75) is 46.3 Å². The summed E-state index contributed by atoms with van der Waals surface area (Å²) in [6.45, 7) is 6.59. The maximum Gasteiger partial charge on any atom is 0.338 e. The number of hydrogen-bond acceptors (Lipinski definition) is 7. The van der Waals surface area contributed by atoms with E-state index in [2.05, 4.69) is 4.99 Å². The van der Waals surface area contributed by atoms with Crippen LogP contribution >= 0.6 is 11.8 Å². The molecule has 28 heavy (non-hydrogen) atoms. The van der Waals surface area contributed by atoms with Gasteiger partial charge < -0.3 is 9.47 Å². The number of thioether (sulfide) groups is 1. The molecule has 2 aliphatic heterocycles. The molecule has 0 radical (unpaired) electrons. The molecule has 3 rings (SSSR count). The molecule has 0 bridgehead atoms. The summed E-state index contributed by atoms with van der Waals surface area (Å²) in [4.78, 5) is 43.0. The van der Waals surface area contributed by atoms with Crippen LogP contribution in [0.15, 0.2) is 40.5 Å². The van der Waals surface area contributed by atoms with E-state index in [1.807, 2.05) is 0 Å². The second-order valence-corrected chi connectivity index (χ2v) is 7.84. The zero-order valence-corrected chi connectivity index (χ0v) is 17.0. The highest BCUT2D eigenvalue weighted by Crippen LogP contribution is 2.41. The lowest BCUT2D eigenvalue weighted by atomic mass is 9.94. The van der Waals surface area contributed by atoms with Gasteiger partial charge in [0.25, 0.3) is 0 Å². The van der Waals surface area contributed by atoms with Gasteiger partial charge in [-0.1, -0.05) is 23.9 Å². The standard InChI is InChI=1S/C20H22N2O5S/c1-11(2)26-19(25)17-12(3)21-20-22(16(24)8-9-28-20)18(17)14-6-5-7-15(10-14)27-13(4)23/h5-7,10-11,18H,8-9H2,1-4H3/t18-/m0/s1. The maximum absolute atomic E-state index is 12.9. The van der Waals surface area contributed by atoms with Crippen LogP contribution in [0.1, 0.15) is 45.7 Å². The van der Waals surface area contributed by atoms with Gasteiger partial charge in [-0.05, 0) is 38.5 Å². The number of ether oxygens (including phenoxy) is 2. The molecular weight excluding hydrogens is 380 g/mol. The van der Waals surface area contributed by atoms with Gasteiger partial charge in [0, 0.05) is 19.1 Å². The average Bonchev–Trinajstić information content (AvgIpc) is 2.59. The number of carbonyl (C=O) groups excluding carboxylic acids is 3. The normalized spacial score (nSPS) is 19.3. The third kappa shape index (κ3) is 4.11. The Kier molecular flexibility index (Phi) is 5.88. The number of hydrogen-bond donors (Lipinski definition) is 0. The molecule has 2 heterocycles. The van der Waals surface area contributed by atoms with Crippen molar-refractivity contribution in [3.8, 4) is 5.75 Å². The Hall–Kier alpha value is -2.61. The Labute approximate surface area is 167 Å². The average molecular weight is 402 g/mol. The summed E-state index contributed by atoms with van der Waals surface area (Å²) in [5.74, 6) is -0.0727.